The number of benzene rings is 1. The summed E-state index contributed by atoms with van der Waals surface area (Å²) in [5.41, 5.74) is 0.268. The number of carbonyl (C=O) groups is 1. The van der Waals surface area contributed by atoms with E-state index in [4.69, 9.17) is 10.00 Å². The van der Waals surface area contributed by atoms with Crippen molar-refractivity contribution in [1.29, 1.82) is 5.26 Å². The molecule has 1 heterocycles. The maximum Gasteiger partial charge on any atom is 0.263 e. The van der Waals surface area contributed by atoms with Crippen molar-refractivity contribution in [3.05, 3.63) is 63.6 Å². The molecule has 116 valence electrons. The summed E-state index contributed by atoms with van der Waals surface area (Å²) in [6.45, 7) is 1.57. The number of aryl methyl sites for hydroxylation is 1. The minimum absolute atomic E-state index is 0.0385. The van der Waals surface area contributed by atoms with Crippen molar-refractivity contribution in [2.75, 3.05) is 6.61 Å². The molecular formula is C17H14N2O4. The Balaban J connectivity index is 2.16. The zero-order valence-electron chi connectivity index (χ0n) is 12.4. The van der Waals surface area contributed by atoms with Gasteiger partial charge < -0.3 is 14.8 Å². The van der Waals surface area contributed by atoms with E-state index in [-0.39, 0.29) is 17.9 Å². The first-order valence-electron chi connectivity index (χ1n) is 6.76. The van der Waals surface area contributed by atoms with E-state index in [2.05, 4.69) is 4.98 Å². The molecular weight excluding hydrogens is 296 g/mol. The molecule has 2 N–H and O–H groups in total. The van der Waals surface area contributed by atoms with Gasteiger partial charge in [-0.3, -0.25) is 9.59 Å². The molecule has 0 bridgehead atoms. The highest BCUT2D eigenvalue weighted by atomic mass is 16.5. The molecule has 23 heavy (non-hydrogen) atoms. The van der Waals surface area contributed by atoms with Crippen molar-refractivity contribution in [2.45, 2.75) is 6.92 Å². The van der Waals surface area contributed by atoms with Crippen LogP contribution in [0.2, 0.25) is 0 Å². The number of aromatic amines is 1. The van der Waals surface area contributed by atoms with Crippen LogP contribution in [0, 0.1) is 18.3 Å². The zero-order valence-corrected chi connectivity index (χ0v) is 12.4. The van der Waals surface area contributed by atoms with Gasteiger partial charge in [-0.15, -0.1) is 0 Å². The summed E-state index contributed by atoms with van der Waals surface area (Å²) in [6, 6.07) is 9.93. The number of nitrogens with one attached hydrogen (secondary N) is 1. The average Bonchev–Trinajstić information content (AvgIpc) is 2.51. The molecule has 0 aliphatic carbocycles. The van der Waals surface area contributed by atoms with E-state index in [0.717, 1.165) is 0 Å². The average molecular weight is 310 g/mol. The Hall–Kier alpha value is -3.33. The van der Waals surface area contributed by atoms with Crippen LogP contribution in [-0.2, 0) is 0 Å². The monoisotopic (exact) mass is 310 g/mol. The second-order valence-electron chi connectivity index (χ2n) is 4.76. The van der Waals surface area contributed by atoms with Gasteiger partial charge in [0.25, 0.3) is 5.56 Å². The minimum atomic E-state index is -0.627. The standard InChI is InChI=1S/C17H14N2O4/c1-11-10-15(21)16(17(22)19-11)14(20)7-4-12-2-5-13(6-3-12)23-9-8-18/h2-7,10H,9H2,1H3,(H2,19,21,22). The predicted octanol–water partition coefficient (Wildman–Crippen LogP) is 2.19. The van der Waals surface area contributed by atoms with Crippen molar-refractivity contribution in [3.8, 4) is 17.6 Å². The lowest BCUT2D eigenvalue weighted by Crippen LogP contribution is -2.17. The number of rotatable bonds is 5. The predicted molar refractivity (Wildman–Crippen MR) is 84.4 cm³/mol. The highest BCUT2D eigenvalue weighted by Gasteiger charge is 2.13. The fourth-order valence-corrected chi connectivity index (χ4v) is 1.96. The number of aromatic hydroxyl groups is 1. The zero-order chi connectivity index (χ0) is 16.8. The van der Waals surface area contributed by atoms with Gasteiger partial charge in [-0.1, -0.05) is 18.2 Å². The number of pyridine rings is 1. The summed E-state index contributed by atoms with van der Waals surface area (Å²) < 4.78 is 5.12. The van der Waals surface area contributed by atoms with Crippen LogP contribution in [0.15, 0.2) is 41.2 Å². The molecule has 0 unspecified atom stereocenters. The van der Waals surface area contributed by atoms with Crippen molar-refractivity contribution in [1.82, 2.24) is 4.98 Å². The SMILES string of the molecule is Cc1cc(O)c(C(=O)C=Cc2ccc(OCC#N)cc2)c(=O)[nH]1. The number of nitrogens with zero attached hydrogens (tertiary/aromatic N) is 1. The van der Waals surface area contributed by atoms with Gasteiger partial charge in [-0.2, -0.15) is 5.26 Å². The van der Waals surface area contributed by atoms with Crippen LogP contribution in [-0.4, -0.2) is 22.5 Å². The first-order chi connectivity index (χ1) is 11.0. The molecule has 6 heteroatoms. The third-order valence-electron chi connectivity index (χ3n) is 3.00. The van der Waals surface area contributed by atoms with Crippen molar-refractivity contribution in [3.63, 3.8) is 0 Å². The van der Waals surface area contributed by atoms with Gasteiger partial charge in [-0.05, 0) is 36.8 Å². The first-order valence-corrected chi connectivity index (χ1v) is 6.76. The van der Waals surface area contributed by atoms with E-state index in [1.54, 1.807) is 31.2 Å². The Morgan fingerprint density at radius 2 is 2.09 bits per heavy atom. The Morgan fingerprint density at radius 3 is 2.70 bits per heavy atom. The molecule has 1 aromatic carbocycles. The van der Waals surface area contributed by atoms with E-state index in [1.807, 2.05) is 6.07 Å². The van der Waals surface area contributed by atoms with E-state index < -0.39 is 11.3 Å². The van der Waals surface area contributed by atoms with Gasteiger partial charge in [0.15, 0.2) is 12.4 Å². The Bertz CT molecular complexity index is 842. The molecule has 0 saturated carbocycles. The molecule has 2 aromatic rings. The van der Waals surface area contributed by atoms with E-state index in [9.17, 15) is 14.7 Å². The Labute approximate surface area is 132 Å². The third kappa shape index (κ3) is 4.08. The third-order valence-corrected chi connectivity index (χ3v) is 3.00. The maximum absolute atomic E-state index is 12.1. The van der Waals surface area contributed by atoms with Crippen LogP contribution in [0.4, 0.5) is 0 Å². The van der Waals surface area contributed by atoms with E-state index in [1.165, 1.54) is 18.2 Å². The van der Waals surface area contributed by atoms with Gasteiger partial charge in [-0.25, -0.2) is 0 Å². The van der Waals surface area contributed by atoms with Gasteiger partial charge in [0, 0.05) is 5.69 Å². The smallest absolute Gasteiger partial charge is 0.263 e. The topological polar surface area (TPSA) is 103 Å². The highest BCUT2D eigenvalue weighted by Crippen LogP contribution is 2.16. The van der Waals surface area contributed by atoms with Crippen LogP contribution in [0.5, 0.6) is 11.5 Å². The molecule has 0 fully saturated rings. The fraction of sp³-hybridized carbons (Fsp3) is 0.118. The number of H-pyrrole nitrogens is 1. The van der Waals surface area contributed by atoms with Crippen LogP contribution >= 0.6 is 0 Å². The lowest BCUT2D eigenvalue weighted by atomic mass is 10.1. The largest absolute Gasteiger partial charge is 0.507 e. The Morgan fingerprint density at radius 1 is 1.39 bits per heavy atom. The van der Waals surface area contributed by atoms with Crippen LogP contribution < -0.4 is 10.3 Å². The second-order valence-corrected chi connectivity index (χ2v) is 4.76. The fourth-order valence-electron chi connectivity index (χ4n) is 1.96. The number of carbonyl (C=O) groups excluding carboxylic acids is 1. The number of aromatic nitrogens is 1. The molecule has 2 rings (SSSR count). The molecule has 0 aliphatic rings. The normalized spacial score (nSPS) is 10.4. The molecule has 6 nitrogen and oxygen atoms in total. The summed E-state index contributed by atoms with van der Waals surface area (Å²) in [7, 11) is 0. The number of hydrogen-bond acceptors (Lipinski definition) is 5. The quantitative estimate of drug-likeness (QED) is 0.651. The molecule has 0 saturated heterocycles. The van der Waals surface area contributed by atoms with E-state index >= 15 is 0 Å². The lowest BCUT2D eigenvalue weighted by molar-refractivity contribution is 0.104. The number of hydrogen-bond donors (Lipinski definition) is 2. The molecule has 0 spiro atoms. The van der Waals surface area contributed by atoms with Gasteiger partial charge in [0.1, 0.15) is 23.1 Å². The second kappa shape index (κ2) is 7.09. The van der Waals surface area contributed by atoms with Gasteiger partial charge >= 0.3 is 0 Å². The van der Waals surface area contributed by atoms with Crippen molar-refractivity contribution >= 4 is 11.9 Å². The minimum Gasteiger partial charge on any atom is -0.507 e. The van der Waals surface area contributed by atoms with Crippen molar-refractivity contribution < 1.29 is 14.6 Å². The molecule has 0 amide bonds. The van der Waals surface area contributed by atoms with E-state index in [0.29, 0.717) is 17.0 Å². The molecule has 0 atom stereocenters. The first kappa shape index (κ1) is 16.0. The number of ketones is 1. The van der Waals surface area contributed by atoms with Crippen molar-refractivity contribution in [2.24, 2.45) is 0 Å². The maximum atomic E-state index is 12.1. The molecule has 0 aliphatic heterocycles. The van der Waals surface area contributed by atoms with Crippen LogP contribution in [0.25, 0.3) is 6.08 Å². The summed E-state index contributed by atoms with van der Waals surface area (Å²) in [5, 5.41) is 18.2. The van der Waals surface area contributed by atoms with Crippen LogP contribution in [0.1, 0.15) is 21.6 Å². The molecule has 1 aromatic heterocycles. The number of ether oxygens (including phenoxy) is 1. The summed E-state index contributed by atoms with van der Waals surface area (Å²) in [4.78, 5) is 26.3. The van der Waals surface area contributed by atoms with Gasteiger partial charge in [0.05, 0.1) is 0 Å². The Kier molecular flexibility index (Phi) is 4.95. The highest BCUT2D eigenvalue weighted by molar-refractivity contribution is 6.08. The summed E-state index contributed by atoms with van der Waals surface area (Å²) >= 11 is 0. The van der Waals surface area contributed by atoms with Gasteiger partial charge in [0.2, 0.25) is 0 Å². The summed E-state index contributed by atoms with van der Waals surface area (Å²) in [5.74, 6) is -0.391. The van der Waals surface area contributed by atoms with Crippen LogP contribution in [0.3, 0.4) is 0 Å². The molecule has 0 radical (unpaired) electrons. The summed E-state index contributed by atoms with van der Waals surface area (Å²) in [6.07, 6.45) is 2.74. The lowest BCUT2D eigenvalue weighted by Gasteiger charge is -2.02. The number of nitriles is 1. The number of allylic oxidation sites excluding steroid dienone is 1.